The molecule has 116 valence electrons. The Bertz CT molecular complexity index is 531. The summed E-state index contributed by atoms with van der Waals surface area (Å²) in [6.07, 6.45) is 3.46. The van der Waals surface area contributed by atoms with E-state index in [2.05, 4.69) is 34.6 Å². The van der Waals surface area contributed by atoms with Gasteiger partial charge in [-0.3, -0.25) is 0 Å². The van der Waals surface area contributed by atoms with Gasteiger partial charge < -0.3 is 4.74 Å². The van der Waals surface area contributed by atoms with Gasteiger partial charge in [0.1, 0.15) is 5.82 Å². The largest absolute Gasteiger partial charge is 0.381 e. The van der Waals surface area contributed by atoms with Gasteiger partial charge in [-0.05, 0) is 30.7 Å². The number of nitrogens with zero attached hydrogens (tertiary/aromatic N) is 2. The summed E-state index contributed by atoms with van der Waals surface area (Å²) in [5.41, 5.74) is 4.16. The lowest BCUT2D eigenvalue weighted by atomic mass is 9.73. The molecule has 21 heavy (non-hydrogen) atoms. The molecule has 2 unspecified atom stereocenters. The second-order valence-corrected chi connectivity index (χ2v) is 7.97. The molecule has 1 aliphatic heterocycles. The number of hydrogen-bond acceptors (Lipinski definition) is 3. The minimum Gasteiger partial charge on any atom is -0.381 e. The van der Waals surface area contributed by atoms with E-state index >= 15 is 0 Å². The van der Waals surface area contributed by atoms with Crippen LogP contribution in [0.4, 0.5) is 0 Å². The topological polar surface area (TPSA) is 35.0 Å². The van der Waals surface area contributed by atoms with E-state index in [4.69, 9.17) is 14.7 Å². The summed E-state index contributed by atoms with van der Waals surface area (Å²) < 4.78 is 5.69. The van der Waals surface area contributed by atoms with Gasteiger partial charge in [0.15, 0.2) is 0 Å². The van der Waals surface area contributed by atoms with Crippen molar-refractivity contribution < 1.29 is 4.74 Å². The Labute approximate surface area is 128 Å². The molecule has 0 N–H and O–H groups in total. The Morgan fingerprint density at radius 1 is 1.14 bits per heavy atom. The summed E-state index contributed by atoms with van der Waals surface area (Å²) in [6, 6.07) is 0. The van der Waals surface area contributed by atoms with Crippen LogP contribution in [0.25, 0.3) is 0 Å². The first kappa shape index (κ1) is 15.0. The van der Waals surface area contributed by atoms with E-state index in [1.165, 1.54) is 23.4 Å². The van der Waals surface area contributed by atoms with Gasteiger partial charge in [-0.25, -0.2) is 9.97 Å². The highest BCUT2D eigenvalue weighted by molar-refractivity contribution is 5.36. The molecule has 1 aromatic rings. The Morgan fingerprint density at radius 3 is 2.57 bits per heavy atom. The Hall–Kier alpha value is -0.960. The van der Waals surface area contributed by atoms with E-state index in [1.54, 1.807) is 0 Å². The van der Waals surface area contributed by atoms with Crippen LogP contribution in [0.1, 0.15) is 82.1 Å². The highest BCUT2D eigenvalue weighted by Gasteiger charge is 2.37. The van der Waals surface area contributed by atoms with Crippen molar-refractivity contribution in [2.75, 3.05) is 13.2 Å². The molecule has 0 radical (unpaired) electrons. The van der Waals surface area contributed by atoms with E-state index in [-0.39, 0.29) is 5.41 Å². The maximum atomic E-state index is 5.69. The van der Waals surface area contributed by atoms with Crippen molar-refractivity contribution in [3.8, 4) is 0 Å². The molecule has 2 atom stereocenters. The Balaban J connectivity index is 2.14. The van der Waals surface area contributed by atoms with Crippen LogP contribution in [-0.2, 0) is 16.6 Å². The molecule has 3 heteroatoms. The third-order valence-corrected chi connectivity index (χ3v) is 4.87. The minimum atomic E-state index is 0.0919. The molecule has 0 saturated carbocycles. The van der Waals surface area contributed by atoms with Crippen LogP contribution >= 0.6 is 0 Å². The first-order chi connectivity index (χ1) is 9.88. The third-order valence-electron chi connectivity index (χ3n) is 4.87. The molecule has 2 heterocycles. The van der Waals surface area contributed by atoms with Crippen LogP contribution in [0.2, 0.25) is 0 Å². The van der Waals surface area contributed by atoms with Crippen molar-refractivity contribution >= 4 is 0 Å². The van der Waals surface area contributed by atoms with Crippen molar-refractivity contribution in [3.63, 3.8) is 0 Å². The quantitative estimate of drug-likeness (QED) is 0.784. The van der Waals surface area contributed by atoms with E-state index in [0.29, 0.717) is 17.8 Å². The van der Waals surface area contributed by atoms with Crippen LogP contribution in [0.3, 0.4) is 0 Å². The molecule has 2 aliphatic rings. The molecule has 1 aliphatic carbocycles. The monoisotopic (exact) mass is 288 g/mol. The standard InChI is InChI=1S/C18H28N2O/c1-11(2)17-19-15-13-8-9-21-10-12(13)6-7-14(15)16(20-17)18(3,4)5/h11-13H,6-10H2,1-5H3. The van der Waals surface area contributed by atoms with E-state index < -0.39 is 0 Å². The second kappa shape index (κ2) is 5.35. The first-order valence-corrected chi connectivity index (χ1v) is 8.37. The zero-order valence-corrected chi connectivity index (χ0v) is 14.1. The van der Waals surface area contributed by atoms with Gasteiger partial charge in [0.25, 0.3) is 0 Å². The molecule has 1 aromatic heterocycles. The Morgan fingerprint density at radius 2 is 1.90 bits per heavy atom. The van der Waals surface area contributed by atoms with Crippen LogP contribution in [0.15, 0.2) is 0 Å². The number of fused-ring (bicyclic) bond motifs is 3. The van der Waals surface area contributed by atoms with E-state index in [9.17, 15) is 0 Å². The fourth-order valence-electron chi connectivity index (χ4n) is 3.72. The molecule has 3 rings (SSSR count). The lowest BCUT2D eigenvalue weighted by molar-refractivity contribution is 0.0319. The first-order valence-electron chi connectivity index (χ1n) is 8.37. The van der Waals surface area contributed by atoms with Crippen molar-refractivity contribution in [1.82, 2.24) is 9.97 Å². The summed E-state index contributed by atoms with van der Waals surface area (Å²) in [4.78, 5) is 9.96. The summed E-state index contributed by atoms with van der Waals surface area (Å²) in [6.45, 7) is 13.0. The predicted octanol–water partition coefficient (Wildman–Crippen LogP) is 3.96. The molecule has 0 aromatic carbocycles. The fraction of sp³-hybridized carbons (Fsp3) is 0.778. The van der Waals surface area contributed by atoms with Gasteiger partial charge in [-0.1, -0.05) is 34.6 Å². The molecule has 1 fully saturated rings. The van der Waals surface area contributed by atoms with Gasteiger partial charge in [0.2, 0.25) is 0 Å². The van der Waals surface area contributed by atoms with Crippen molar-refractivity contribution in [3.05, 3.63) is 22.8 Å². The number of rotatable bonds is 1. The van der Waals surface area contributed by atoms with Gasteiger partial charge >= 0.3 is 0 Å². The van der Waals surface area contributed by atoms with Crippen LogP contribution in [0.5, 0.6) is 0 Å². The van der Waals surface area contributed by atoms with Crippen molar-refractivity contribution in [2.24, 2.45) is 5.92 Å². The average molecular weight is 288 g/mol. The smallest absolute Gasteiger partial charge is 0.131 e. The molecule has 1 saturated heterocycles. The van der Waals surface area contributed by atoms with Crippen LogP contribution < -0.4 is 0 Å². The maximum absolute atomic E-state index is 5.69. The van der Waals surface area contributed by atoms with Gasteiger partial charge in [-0.15, -0.1) is 0 Å². The highest BCUT2D eigenvalue weighted by Crippen LogP contribution is 2.42. The van der Waals surface area contributed by atoms with Gasteiger partial charge in [0, 0.05) is 23.9 Å². The lowest BCUT2D eigenvalue weighted by Crippen LogP contribution is -2.34. The van der Waals surface area contributed by atoms with Gasteiger partial charge in [-0.2, -0.15) is 0 Å². The van der Waals surface area contributed by atoms with Crippen molar-refractivity contribution in [1.29, 1.82) is 0 Å². The molecule has 0 amide bonds. The number of hydrogen-bond donors (Lipinski definition) is 0. The minimum absolute atomic E-state index is 0.0919. The second-order valence-electron chi connectivity index (χ2n) is 7.97. The van der Waals surface area contributed by atoms with Crippen molar-refractivity contribution in [2.45, 2.75) is 71.1 Å². The summed E-state index contributed by atoms with van der Waals surface area (Å²) in [5, 5.41) is 0. The molecular weight excluding hydrogens is 260 g/mol. The predicted molar refractivity (Wildman–Crippen MR) is 84.8 cm³/mol. The normalized spacial score (nSPS) is 25.6. The van der Waals surface area contributed by atoms with Gasteiger partial charge in [0.05, 0.1) is 18.0 Å². The molecule has 0 spiro atoms. The summed E-state index contributed by atoms with van der Waals surface area (Å²) >= 11 is 0. The molecule has 0 bridgehead atoms. The molecule has 3 nitrogen and oxygen atoms in total. The fourth-order valence-corrected chi connectivity index (χ4v) is 3.72. The number of ether oxygens (including phenoxy) is 1. The van der Waals surface area contributed by atoms with Crippen LogP contribution in [0, 0.1) is 5.92 Å². The number of aromatic nitrogens is 2. The maximum Gasteiger partial charge on any atom is 0.131 e. The summed E-state index contributed by atoms with van der Waals surface area (Å²) in [5.74, 6) is 2.65. The zero-order chi connectivity index (χ0) is 15.2. The Kier molecular flexibility index (Phi) is 3.81. The average Bonchev–Trinajstić information content (AvgIpc) is 2.44. The van der Waals surface area contributed by atoms with E-state index in [1.807, 2.05) is 0 Å². The highest BCUT2D eigenvalue weighted by atomic mass is 16.5. The summed E-state index contributed by atoms with van der Waals surface area (Å²) in [7, 11) is 0. The van der Waals surface area contributed by atoms with E-state index in [0.717, 1.165) is 31.9 Å². The zero-order valence-electron chi connectivity index (χ0n) is 14.1. The molecular formula is C18H28N2O. The lowest BCUT2D eigenvalue weighted by Gasteiger charge is -2.38. The van der Waals surface area contributed by atoms with Crippen LogP contribution in [-0.4, -0.2) is 23.2 Å². The SMILES string of the molecule is CC(C)c1nc2c(c(C(C)(C)C)n1)CCC1COCCC21. The third kappa shape index (κ3) is 2.73.